The topological polar surface area (TPSA) is 93.9 Å². The molecule has 8 heteroatoms. The lowest BCUT2D eigenvalue weighted by Gasteiger charge is -2.28. The molecule has 1 fully saturated rings. The van der Waals surface area contributed by atoms with Gasteiger partial charge in [0.2, 0.25) is 5.43 Å². The fourth-order valence-electron chi connectivity index (χ4n) is 4.39. The largest absolute Gasteiger partial charge is 0.494 e. The van der Waals surface area contributed by atoms with Gasteiger partial charge in [-0.2, -0.15) is 0 Å². The molecule has 4 rings (SSSR count). The molecule has 7 nitrogen and oxygen atoms in total. The van der Waals surface area contributed by atoms with Crippen molar-refractivity contribution in [1.82, 2.24) is 4.90 Å². The number of amides is 1. The second kappa shape index (κ2) is 9.62. The number of ether oxygens (including phenoxy) is 1. The van der Waals surface area contributed by atoms with Gasteiger partial charge in [-0.15, -0.1) is 0 Å². The molecule has 0 unspecified atom stereocenters. The number of aryl methyl sites for hydroxylation is 2. The number of rotatable bonds is 7. The monoisotopic (exact) mass is 483 g/mol. The summed E-state index contributed by atoms with van der Waals surface area (Å²) in [5.74, 6) is 0.111. The van der Waals surface area contributed by atoms with E-state index in [0.717, 1.165) is 28.9 Å². The van der Waals surface area contributed by atoms with Crippen molar-refractivity contribution in [2.45, 2.75) is 46.2 Å². The van der Waals surface area contributed by atoms with E-state index in [4.69, 9.17) is 9.15 Å². The molecule has 3 aromatic rings. The van der Waals surface area contributed by atoms with E-state index in [1.807, 2.05) is 51.1 Å². The fraction of sp³-hybridized carbons (Fsp3) is 0.385. The Labute approximate surface area is 199 Å². The average Bonchev–Trinajstić information content (AvgIpc) is 3.16. The van der Waals surface area contributed by atoms with E-state index in [1.54, 1.807) is 6.07 Å². The normalized spacial score (nSPS) is 17.1. The van der Waals surface area contributed by atoms with Crippen LogP contribution in [0.1, 0.15) is 46.8 Å². The maximum absolute atomic E-state index is 13.6. The van der Waals surface area contributed by atoms with Crippen molar-refractivity contribution < 1.29 is 22.4 Å². The molecule has 1 aromatic heterocycles. The smallest absolute Gasteiger partial charge is 0.261 e. The molecule has 0 aliphatic carbocycles. The maximum atomic E-state index is 13.6. The molecule has 1 amide bonds. The first-order chi connectivity index (χ1) is 16.2. The summed E-state index contributed by atoms with van der Waals surface area (Å²) < 4.78 is 35.7. The van der Waals surface area contributed by atoms with Crippen LogP contribution in [-0.4, -0.2) is 43.4 Å². The van der Waals surface area contributed by atoms with Gasteiger partial charge in [-0.05, 0) is 61.6 Å². The van der Waals surface area contributed by atoms with Crippen LogP contribution in [0.2, 0.25) is 0 Å². The lowest BCUT2D eigenvalue weighted by Crippen LogP contribution is -2.42. The van der Waals surface area contributed by atoms with Crippen molar-refractivity contribution in [2.24, 2.45) is 0 Å². The molecule has 180 valence electrons. The molecule has 0 radical (unpaired) electrons. The summed E-state index contributed by atoms with van der Waals surface area (Å²) in [6.45, 7) is 6.55. The number of fused-ring (bicyclic) bond motifs is 1. The van der Waals surface area contributed by atoms with Gasteiger partial charge in [0.15, 0.2) is 9.84 Å². The molecule has 1 aliphatic rings. The van der Waals surface area contributed by atoms with Gasteiger partial charge in [-0.3, -0.25) is 9.59 Å². The highest BCUT2D eigenvalue weighted by Crippen LogP contribution is 2.24. The first kappa shape index (κ1) is 24.0. The summed E-state index contributed by atoms with van der Waals surface area (Å²) in [5, 5.41) is 0.347. The predicted molar refractivity (Wildman–Crippen MR) is 131 cm³/mol. The Kier molecular flexibility index (Phi) is 6.79. The van der Waals surface area contributed by atoms with Gasteiger partial charge in [-0.25, -0.2) is 8.42 Å². The van der Waals surface area contributed by atoms with Gasteiger partial charge in [0, 0.05) is 12.6 Å². The van der Waals surface area contributed by atoms with E-state index in [0.29, 0.717) is 24.0 Å². The Morgan fingerprint density at radius 1 is 1.18 bits per heavy atom. The highest BCUT2D eigenvalue weighted by Gasteiger charge is 2.36. The van der Waals surface area contributed by atoms with Gasteiger partial charge in [-0.1, -0.05) is 25.1 Å². The van der Waals surface area contributed by atoms with Crippen molar-refractivity contribution in [1.29, 1.82) is 0 Å². The quantitative estimate of drug-likeness (QED) is 0.504. The molecule has 1 atom stereocenters. The summed E-state index contributed by atoms with van der Waals surface area (Å²) in [5.41, 5.74) is 2.47. The molecule has 0 spiro atoms. The molecule has 0 N–H and O–H groups in total. The molecular formula is C26H29NO6S. The zero-order chi connectivity index (χ0) is 24.5. The molecule has 1 saturated heterocycles. The Hall–Kier alpha value is -3.13. The van der Waals surface area contributed by atoms with E-state index in [9.17, 15) is 18.0 Å². The zero-order valence-electron chi connectivity index (χ0n) is 19.7. The summed E-state index contributed by atoms with van der Waals surface area (Å²) >= 11 is 0. The molecule has 1 aliphatic heterocycles. The molecule has 0 saturated carbocycles. The van der Waals surface area contributed by atoms with Crippen LogP contribution in [0, 0.1) is 13.8 Å². The Bertz CT molecular complexity index is 1370. The van der Waals surface area contributed by atoms with Gasteiger partial charge in [0.05, 0.1) is 23.5 Å². The van der Waals surface area contributed by atoms with Gasteiger partial charge < -0.3 is 14.1 Å². The van der Waals surface area contributed by atoms with Crippen LogP contribution in [0.3, 0.4) is 0 Å². The summed E-state index contributed by atoms with van der Waals surface area (Å²) in [4.78, 5) is 28.4. The van der Waals surface area contributed by atoms with Crippen LogP contribution >= 0.6 is 0 Å². The average molecular weight is 484 g/mol. The van der Waals surface area contributed by atoms with E-state index in [1.165, 1.54) is 11.2 Å². The predicted octanol–water partition coefficient (Wildman–Crippen LogP) is 4.03. The lowest BCUT2D eigenvalue weighted by molar-refractivity contribution is 0.0677. The minimum Gasteiger partial charge on any atom is -0.494 e. The van der Waals surface area contributed by atoms with Crippen LogP contribution in [-0.2, 0) is 16.4 Å². The maximum Gasteiger partial charge on any atom is 0.261 e. The van der Waals surface area contributed by atoms with E-state index in [-0.39, 0.29) is 23.6 Å². The Balaban J connectivity index is 1.70. The van der Waals surface area contributed by atoms with Crippen molar-refractivity contribution >= 4 is 26.7 Å². The Morgan fingerprint density at radius 2 is 1.91 bits per heavy atom. The minimum atomic E-state index is -3.24. The van der Waals surface area contributed by atoms with E-state index in [2.05, 4.69) is 0 Å². The van der Waals surface area contributed by atoms with Crippen molar-refractivity contribution in [3.8, 4) is 5.75 Å². The third-order valence-corrected chi connectivity index (χ3v) is 7.84. The van der Waals surface area contributed by atoms with Crippen LogP contribution in [0.25, 0.3) is 11.0 Å². The van der Waals surface area contributed by atoms with Crippen molar-refractivity contribution in [3.63, 3.8) is 0 Å². The van der Waals surface area contributed by atoms with Crippen LogP contribution in [0.4, 0.5) is 0 Å². The highest BCUT2D eigenvalue weighted by atomic mass is 32.2. The minimum absolute atomic E-state index is 0.0238. The van der Waals surface area contributed by atoms with Gasteiger partial charge in [0.1, 0.15) is 23.2 Å². The van der Waals surface area contributed by atoms with E-state index >= 15 is 0 Å². The highest BCUT2D eigenvalue weighted by molar-refractivity contribution is 7.91. The number of nitrogens with zero attached hydrogens (tertiary/aromatic N) is 1. The van der Waals surface area contributed by atoms with Gasteiger partial charge >= 0.3 is 0 Å². The first-order valence-electron chi connectivity index (χ1n) is 11.4. The summed E-state index contributed by atoms with van der Waals surface area (Å²) in [6, 6.07) is 10.5. The van der Waals surface area contributed by atoms with Crippen LogP contribution in [0.15, 0.2) is 51.9 Å². The number of hydrogen-bond donors (Lipinski definition) is 0. The second-order valence-electron chi connectivity index (χ2n) is 8.92. The zero-order valence-corrected chi connectivity index (χ0v) is 20.5. The number of hydrogen-bond acceptors (Lipinski definition) is 6. The van der Waals surface area contributed by atoms with Gasteiger partial charge in [0.25, 0.3) is 5.91 Å². The van der Waals surface area contributed by atoms with Crippen molar-refractivity contribution in [2.75, 3.05) is 18.1 Å². The molecule has 0 bridgehead atoms. The summed E-state index contributed by atoms with van der Waals surface area (Å²) in [7, 11) is -3.24. The second-order valence-corrected chi connectivity index (χ2v) is 11.1. The summed E-state index contributed by atoms with van der Waals surface area (Å²) in [6.07, 6.45) is 2.43. The number of carbonyl (C=O) groups is 1. The standard InChI is InChI=1S/C26H29NO6S/c1-4-10-32-21-7-5-19(6-8-21)14-27(20-9-11-34(30,31)16-20)26(29)23-15-33-25-18(3)12-17(2)13-22(25)24(23)28/h5-8,12-13,15,20H,4,9-11,14,16H2,1-3H3/t20-/m1/s1. The number of carbonyl (C=O) groups excluding carboxylic acids is 1. The first-order valence-corrected chi connectivity index (χ1v) is 13.3. The molecule has 2 heterocycles. The van der Waals surface area contributed by atoms with Crippen LogP contribution in [0.5, 0.6) is 5.75 Å². The fourth-order valence-corrected chi connectivity index (χ4v) is 6.12. The Morgan fingerprint density at radius 3 is 2.56 bits per heavy atom. The number of sulfone groups is 1. The lowest BCUT2D eigenvalue weighted by atomic mass is 10.0. The molecular weight excluding hydrogens is 454 g/mol. The molecule has 34 heavy (non-hydrogen) atoms. The van der Waals surface area contributed by atoms with E-state index < -0.39 is 27.2 Å². The van der Waals surface area contributed by atoms with Crippen molar-refractivity contribution in [3.05, 3.63) is 75.1 Å². The number of benzene rings is 2. The SMILES string of the molecule is CCCOc1ccc(CN(C(=O)c2coc3c(C)cc(C)cc3c2=O)[C@@H]2CCS(=O)(=O)C2)cc1. The third-order valence-electron chi connectivity index (χ3n) is 6.09. The third kappa shape index (κ3) is 5.01. The van der Waals surface area contributed by atoms with Crippen LogP contribution < -0.4 is 10.2 Å². The molecule has 2 aromatic carbocycles.